The minimum Gasteiger partial charge on any atom is -0.497 e. The highest BCUT2D eigenvalue weighted by atomic mass is 16.5. The number of hydrogen-bond donors (Lipinski definition) is 0. The molecule has 7 nitrogen and oxygen atoms in total. The van der Waals surface area contributed by atoms with Crippen molar-refractivity contribution in [3.63, 3.8) is 0 Å². The summed E-state index contributed by atoms with van der Waals surface area (Å²) in [5.41, 5.74) is 5.25. The van der Waals surface area contributed by atoms with Crippen LogP contribution in [0, 0.1) is 13.8 Å². The molecule has 0 N–H and O–H groups in total. The second-order valence-electron chi connectivity index (χ2n) is 8.21. The van der Waals surface area contributed by atoms with E-state index in [4.69, 9.17) is 4.74 Å². The number of nitrogens with zero attached hydrogens (tertiary/aromatic N) is 6. The highest BCUT2D eigenvalue weighted by molar-refractivity contribution is 5.56. The number of hydrogen-bond acceptors (Lipinski definition) is 6. The molecule has 0 spiro atoms. The monoisotopic (exact) mass is 420 g/mol. The Morgan fingerprint density at radius 2 is 1.74 bits per heavy atom. The first kappa shape index (κ1) is 21.3. The topological polar surface area (TPSA) is 59.3 Å². The maximum atomic E-state index is 5.26. The van der Waals surface area contributed by atoms with Gasteiger partial charge >= 0.3 is 0 Å². The molecule has 1 aliphatic rings. The van der Waals surface area contributed by atoms with Crippen molar-refractivity contribution in [2.24, 2.45) is 0 Å². The van der Waals surface area contributed by atoms with Crippen molar-refractivity contribution in [1.29, 1.82) is 0 Å². The Bertz CT molecular complexity index is 992. The van der Waals surface area contributed by atoms with Crippen LogP contribution >= 0.6 is 0 Å². The van der Waals surface area contributed by atoms with Gasteiger partial charge in [-0.25, -0.2) is 4.68 Å². The van der Waals surface area contributed by atoms with Crippen LogP contribution in [0.5, 0.6) is 5.75 Å². The molecule has 1 unspecified atom stereocenters. The number of benzene rings is 2. The second-order valence-corrected chi connectivity index (χ2v) is 8.21. The molecule has 0 aliphatic carbocycles. The predicted molar refractivity (Wildman–Crippen MR) is 123 cm³/mol. The Labute approximate surface area is 184 Å². The summed E-state index contributed by atoms with van der Waals surface area (Å²) in [6, 6.07) is 14.9. The maximum absolute atomic E-state index is 5.26. The lowest BCUT2D eigenvalue weighted by Crippen LogP contribution is -2.48. The minimum atomic E-state index is 0.217. The molecule has 1 fully saturated rings. The molecule has 31 heavy (non-hydrogen) atoms. The van der Waals surface area contributed by atoms with Crippen LogP contribution in [-0.4, -0.2) is 58.4 Å². The summed E-state index contributed by atoms with van der Waals surface area (Å²) < 4.78 is 7.20. The molecule has 0 bridgehead atoms. The van der Waals surface area contributed by atoms with E-state index in [2.05, 4.69) is 76.4 Å². The molecule has 3 aromatic rings. The average molecular weight is 421 g/mol. The predicted octanol–water partition coefficient (Wildman–Crippen LogP) is 3.62. The van der Waals surface area contributed by atoms with Gasteiger partial charge in [-0.15, -0.1) is 5.10 Å². The standard InChI is InChI=1S/C24H32N6O/c1-5-22(24-25-26-27-30(24)17-20-9-11-21(31-4)12-10-20)28-13-15-29(16-14-28)23-8-6-7-18(2)19(23)3/h6-12,22H,5,13-17H2,1-4H3. The van der Waals surface area contributed by atoms with Crippen molar-refractivity contribution >= 4 is 5.69 Å². The third kappa shape index (κ3) is 4.56. The van der Waals surface area contributed by atoms with E-state index in [0.29, 0.717) is 6.54 Å². The van der Waals surface area contributed by atoms with Crippen LogP contribution in [0.2, 0.25) is 0 Å². The van der Waals surface area contributed by atoms with E-state index in [1.165, 1.54) is 16.8 Å². The number of aromatic nitrogens is 4. The van der Waals surface area contributed by atoms with Crippen molar-refractivity contribution in [3.8, 4) is 5.75 Å². The number of methoxy groups -OCH3 is 1. The number of anilines is 1. The van der Waals surface area contributed by atoms with E-state index < -0.39 is 0 Å². The summed E-state index contributed by atoms with van der Waals surface area (Å²) in [5, 5.41) is 12.7. The Balaban J connectivity index is 1.45. The van der Waals surface area contributed by atoms with Crippen LogP contribution in [-0.2, 0) is 6.54 Å². The largest absolute Gasteiger partial charge is 0.497 e. The maximum Gasteiger partial charge on any atom is 0.168 e. The Hall–Kier alpha value is -2.93. The molecule has 7 heteroatoms. The van der Waals surface area contributed by atoms with E-state index in [0.717, 1.165) is 49.7 Å². The number of aryl methyl sites for hydroxylation is 1. The third-order valence-electron chi connectivity index (χ3n) is 6.41. The van der Waals surface area contributed by atoms with Gasteiger partial charge in [0.05, 0.1) is 19.7 Å². The van der Waals surface area contributed by atoms with E-state index in [9.17, 15) is 0 Å². The Kier molecular flexibility index (Phi) is 6.51. The van der Waals surface area contributed by atoms with Crippen LogP contribution in [0.3, 0.4) is 0 Å². The lowest BCUT2D eigenvalue weighted by atomic mass is 10.1. The number of tetrazole rings is 1. The lowest BCUT2D eigenvalue weighted by molar-refractivity contribution is 0.169. The molecule has 1 saturated heterocycles. The lowest BCUT2D eigenvalue weighted by Gasteiger charge is -2.40. The minimum absolute atomic E-state index is 0.217. The van der Waals surface area contributed by atoms with Crippen molar-refractivity contribution in [2.45, 2.75) is 39.8 Å². The summed E-state index contributed by atoms with van der Waals surface area (Å²) in [5.74, 6) is 1.80. The fraction of sp³-hybridized carbons (Fsp3) is 0.458. The summed E-state index contributed by atoms with van der Waals surface area (Å²) in [6.45, 7) is 11.3. The van der Waals surface area contributed by atoms with Crippen LogP contribution in [0.1, 0.15) is 41.9 Å². The first-order valence-corrected chi connectivity index (χ1v) is 11.0. The second kappa shape index (κ2) is 9.47. The first-order chi connectivity index (χ1) is 15.1. The molecule has 0 radical (unpaired) electrons. The van der Waals surface area contributed by atoms with Gasteiger partial charge in [0, 0.05) is 31.9 Å². The number of ether oxygens (including phenoxy) is 1. The van der Waals surface area contributed by atoms with Gasteiger partial charge in [-0.2, -0.15) is 0 Å². The first-order valence-electron chi connectivity index (χ1n) is 11.0. The van der Waals surface area contributed by atoms with Gasteiger partial charge in [0.2, 0.25) is 0 Å². The molecule has 0 amide bonds. The summed E-state index contributed by atoms with van der Waals surface area (Å²) in [6.07, 6.45) is 0.979. The zero-order valence-electron chi connectivity index (χ0n) is 19.0. The molecule has 2 aromatic carbocycles. The normalized spacial score (nSPS) is 15.8. The fourth-order valence-corrected chi connectivity index (χ4v) is 4.42. The van der Waals surface area contributed by atoms with Crippen LogP contribution in [0.15, 0.2) is 42.5 Å². The van der Waals surface area contributed by atoms with Crippen molar-refractivity contribution in [1.82, 2.24) is 25.1 Å². The van der Waals surface area contributed by atoms with Gasteiger partial charge in [0.25, 0.3) is 0 Å². The Morgan fingerprint density at radius 3 is 2.42 bits per heavy atom. The van der Waals surface area contributed by atoms with Crippen LogP contribution in [0.25, 0.3) is 0 Å². The zero-order valence-corrected chi connectivity index (χ0v) is 19.0. The summed E-state index contributed by atoms with van der Waals surface area (Å²) in [7, 11) is 1.68. The third-order valence-corrected chi connectivity index (χ3v) is 6.41. The molecule has 1 aliphatic heterocycles. The van der Waals surface area contributed by atoms with Gasteiger partial charge in [-0.3, -0.25) is 4.90 Å². The summed E-state index contributed by atoms with van der Waals surface area (Å²) in [4.78, 5) is 5.03. The highest BCUT2D eigenvalue weighted by Crippen LogP contribution is 2.28. The molecule has 1 atom stereocenters. The van der Waals surface area contributed by atoms with E-state index >= 15 is 0 Å². The molecule has 4 rings (SSSR count). The zero-order chi connectivity index (χ0) is 21.8. The molecular weight excluding hydrogens is 388 g/mol. The van der Waals surface area contributed by atoms with E-state index in [1.54, 1.807) is 7.11 Å². The van der Waals surface area contributed by atoms with E-state index in [-0.39, 0.29) is 6.04 Å². The van der Waals surface area contributed by atoms with Crippen molar-refractivity contribution < 1.29 is 4.74 Å². The quantitative estimate of drug-likeness (QED) is 0.582. The smallest absolute Gasteiger partial charge is 0.168 e. The molecule has 2 heterocycles. The van der Waals surface area contributed by atoms with Gasteiger partial charge in [-0.1, -0.05) is 31.2 Å². The van der Waals surface area contributed by atoms with Crippen LogP contribution < -0.4 is 9.64 Å². The SMILES string of the molecule is CCC(c1nnnn1Cc1ccc(OC)cc1)N1CCN(c2cccc(C)c2C)CC1. The molecule has 164 valence electrons. The number of piperazine rings is 1. The van der Waals surface area contributed by atoms with Gasteiger partial charge < -0.3 is 9.64 Å². The summed E-state index contributed by atoms with van der Waals surface area (Å²) >= 11 is 0. The molecule has 0 saturated carbocycles. The van der Waals surface area contributed by atoms with Crippen LogP contribution in [0.4, 0.5) is 5.69 Å². The van der Waals surface area contributed by atoms with Gasteiger partial charge in [-0.05, 0) is 65.6 Å². The van der Waals surface area contributed by atoms with Crippen molar-refractivity contribution in [3.05, 3.63) is 65.0 Å². The average Bonchev–Trinajstić information content (AvgIpc) is 3.25. The van der Waals surface area contributed by atoms with E-state index in [1.807, 2.05) is 16.8 Å². The highest BCUT2D eigenvalue weighted by Gasteiger charge is 2.28. The van der Waals surface area contributed by atoms with Gasteiger partial charge in [0.1, 0.15) is 5.75 Å². The molecule has 1 aromatic heterocycles. The van der Waals surface area contributed by atoms with Crippen molar-refractivity contribution in [2.75, 3.05) is 38.2 Å². The number of rotatable bonds is 7. The molecular formula is C24H32N6O. The Morgan fingerprint density at radius 1 is 1.00 bits per heavy atom. The fourth-order valence-electron chi connectivity index (χ4n) is 4.42. The van der Waals surface area contributed by atoms with Gasteiger partial charge in [0.15, 0.2) is 5.82 Å².